The molecule has 0 N–H and O–H groups in total. The fourth-order valence-corrected chi connectivity index (χ4v) is 2.69. The van der Waals surface area contributed by atoms with Gasteiger partial charge in [-0.2, -0.15) is 0 Å². The number of aliphatic carboxylic acids is 2. The molecule has 0 heterocycles. The fraction of sp³-hybridized carbons (Fsp3) is 0.857. The standard InChI is InChI=1S/C14H26O4/c1-10(2)8-14(13(17)18,9-11(3)4)7-5-6-12(15)16/h10-11H,5-9H2,1-4H3,(H,15,16)(H,17,18)/p-2. The Balaban J connectivity index is 4.82. The van der Waals surface area contributed by atoms with Crippen LogP contribution in [0.2, 0.25) is 0 Å². The lowest BCUT2D eigenvalue weighted by Gasteiger charge is -2.38. The summed E-state index contributed by atoms with van der Waals surface area (Å²) in [6.45, 7) is 7.88. The molecule has 0 spiro atoms. The third kappa shape index (κ3) is 6.03. The van der Waals surface area contributed by atoms with Gasteiger partial charge in [0, 0.05) is 17.4 Å². The maximum atomic E-state index is 11.5. The van der Waals surface area contributed by atoms with Gasteiger partial charge in [-0.15, -0.1) is 0 Å². The molecule has 0 radical (unpaired) electrons. The van der Waals surface area contributed by atoms with E-state index < -0.39 is 17.4 Å². The topological polar surface area (TPSA) is 80.3 Å². The fourth-order valence-electron chi connectivity index (χ4n) is 2.69. The highest BCUT2D eigenvalue weighted by molar-refractivity contribution is 5.72. The van der Waals surface area contributed by atoms with Gasteiger partial charge in [0.05, 0.1) is 0 Å². The molecule has 0 aromatic heterocycles. The van der Waals surface area contributed by atoms with E-state index in [0.717, 1.165) is 0 Å². The summed E-state index contributed by atoms with van der Waals surface area (Å²) >= 11 is 0. The van der Waals surface area contributed by atoms with Crippen molar-refractivity contribution in [2.24, 2.45) is 17.3 Å². The summed E-state index contributed by atoms with van der Waals surface area (Å²) in [5.74, 6) is -1.70. The molecule has 0 aliphatic heterocycles. The van der Waals surface area contributed by atoms with Gasteiger partial charge in [0.25, 0.3) is 0 Å². The maximum absolute atomic E-state index is 11.5. The van der Waals surface area contributed by atoms with E-state index in [-0.39, 0.29) is 18.3 Å². The van der Waals surface area contributed by atoms with Crippen LogP contribution in [0.1, 0.15) is 59.8 Å². The van der Waals surface area contributed by atoms with E-state index in [1.165, 1.54) is 0 Å². The Morgan fingerprint density at radius 2 is 1.44 bits per heavy atom. The van der Waals surface area contributed by atoms with Crippen LogP contribution in [0.3, 0.4) is 0 Å². The minimum absolute atomic E-state index is 0.0920. The molecule has 4 heteroatoms. The van der Waals surface area contributed by atoms with Gasteiger partial charge in [0.1, 0.15) is 0 Å². The van der Waals surface area contributed by atoms with Crippen molar-refractivity contribution in [1.82, 2.24) is 0 Å². The summed E-state index contributed by atoms with van der Waals surface area (Å²) in [6.07, 6.45) is 1.64. The molecule has 0 unspecified atom stereocenters. The predicted octanol–water partition coefficient (Wildman–Crippen LogP) is 0.735. The van der Waals surface area contributed by atoms with Gasteiger partial charge < -0.3 is 19.8 Å². The summed E-state index contributed by atoms with van der Waals surface area (Å²) < 4.78 is 0. The molecule has 4 nitrogen and oxygen atoms in total. The zero-order valence-corrected chi connectivity index (χ0v) is 11.8. The maximum Gasteiger partial charge on any atom is 0.0476 e. The van der Waals surface area contributed by atoms with Crippen LogP contribution < -0.4 is 10.2 Å². The SMILES string of the molecule is CC(C)CC(CCCC(=O)[O-])(CC(C)C)C(=O)[O-]. The summed E-state index contributed by atoms with van der Waals surface area (Å²) in [7, 11) is 0. The minimum Gasteiger partial charge on any atom is -0.550 e. The molecule has 0 aliphatic rings. The summed E-state index contributed by atoms with van der Waals surface area (Å²) in [6, 6.07) is 0. The van der Waals surface area contributed by atoms with Gasteiger partial charge in [-0.25, -0.2) is 0 Å². The summed E-state index contributed by atoms with van der Waals surface area (Å²) in [4.78, 5) is 21.9. The van der Waals surface area contributed by atoms with Gasteiger partial charge in [0.2, 0.25) is 0 Å². The van der Waals surface area contributed by atoms with E-state index in [9.17, 15) is 19.8 Å². The molecule has 0 saturated carbocycles. The van der Waals surface area contributed by atoms with E-state index in [4.69, 9.17) is 0 Å². The average Bonchev–Trinajstić information content (AvgIpc) is 2.13. The van der Waals surface area contributed by atoms with Gasteiger partial charge in [-0.1, -0.05) is 27.7 Å². The Morgan fingerprint density at radius 3 is 1.72 bits per heavy atom. The molecule has 0 saturated heterocycles. The monoisotopic (exact) mass is 256 g/mol. The van der Waals surface area contributed by atoms with Crippen molar-refractivity contribution in [2.75, 3.05) is 0 Å². The van der Waals surface area contributed by atoms with Gasteiger partial charge in [-0.05, 0) is 43.9 Å². The minimum atomic E-state index is -1.13. The Labute approximate surface area is 109 Å². The van der Waals surface area contributed by atoms with Crippen LogP contribution in [-0.4, -0.2) is 11.9 Å². The number of carbonyl (C=O) groups excluding carboxylic acids is 2. The molecule has 106 valence electrons. The van der Waals surface area contributed by atoms with Crippen LogP contribution >= 0.6 is 0 Å². The first-order valence-corrected chi connectivity index (χ1v) is 6.61. The third-order valence-electron chi connectivity index (χ3n) is 3.07. The van der Waals surface area contributed by atoms with E-state index in [0.29, 0.717) is 25.7 Å². The number of carboxylic acid groups (broad SMARTS) is 2. The highest BCUT2D eigenvalue weighted by atomic mass is 16.4. The second kappa shape index (κ2) is 7.39. The molecule has 0 aliphatic carbocycles. The van der Waals surface area contributed by atoms with Crippen molar-refractivity contribution in [2.45, 2.75) is 59.8 Å². The molecule has 0 bridgehead atoms. The molecular formula is C14H24O4-2. The third-order valence-corrected chi connectivity index (χ3v) is 3.07. The second-order valence-corrected chi connectivity index (χ2v) is 5.99. The Kier molecular flexibility index (Phi) is 6.96. The van der Waals surface area contributed by atoms with Crippen molar-refractivity contribution in [3.8, 4) is 0 Å². The van der Waals surface area contributed by atoms with E-state index in [1.54, 1.807) is 0 Å². The van der Waals surface area contributed by atoms with E-state index in [1.807, 2.05) is 27.7 Å². The zero-order valence-electron chi connectivity index (χ0n) is 11.8. The molecule has 0 aromatic carbocycles. The molecule has 0 aromatic rings. The van der Waals surface area contributed by atoms with Crippen LogP contribution in [-0.2, 0) is 9.59 Å². The quantitative estimate of drug-likeness (QED) is 0.609. The predicted molar refractivity (Wildman–Crippen MR) is 65.2 cm³/mol. The van der Waals surface area contributed by atoms with Crippen molar-refractivity contribution in [3.63, 3.8) is 0 Å². The average molecular weight is 256 g/mol. The number of hydrogen-bond acceptors (Lipinski definition) is 4. The Bertz CT molecular complexity index is 272. The van der Waals surface area contributed by atoms with Crippen molar-refractivity contribution >= 4 is 11.9 Å². The lowest BCUT2D eigenvalue weighted by Crippen LogP contribution is -2.44. The smallest absolute Gasteiger partial charge is 0.0476 e. The molecule has 0 rings (SSSR count). The molecular weight excluding hydrogens is 232 g/mol. The van der Waals surface area contributed by atoms with Crippen LogP contribution in [0.15, 0.2) is 0 Å². The largest absolute Gasteiger partial charge is 0.550 e. The van der Waals surface area contributed by atoms with Crippen LogP contribution in [0.25, 0.3) is 0 Å². The number of carbonyl (C=O) groups is 2. The van der Waals surface area contributed by atoms with Crippen LogP contribution in [0.5, 0.6) is 0 Å². The van der Waals surface area contributed by atoms with Crippen molar-refractivity contribution in [3.05, 3.63) is 0 Å². The van der Waals surface area contributed by atoms with E-state index in [2.05, 4.69) is 0 Å². The zero-order chi connectivity index (χ0) is 14.3. The first-order valence-electron chi connectivity index (χ1n) is 6.61. The van der Waals surface area contributed by atoms with Crippen LogP contribution in [0, 0.1) is 17.3 Å². The summed E-state index contributed by atoms with van der Waals surface area (Å²) in [5.41, 5.74) is -0.905. The Morgan fingerprint density at radius 1 is 1.00 bits per heavy atom. The van der Waals surface area contributed by atoms with E-state index >= 15 is 0 Å². The number of hydrogen-bond donors (Lipinski definition) is 0. The van der Waals surface area contributed by atoms with Crippen molar-refractivity contribution < 1.29 is 19.8 Å². The highest BCUT2D eigenvalue weighted by Gasteiger charge is 2.32. The number of carboxylic acids is 2. The molecule has 0 atom stereocenters. The lowest BCUT2D eigenvalue weighted by atomic mass is 9.71. The molecule has 18 heavy (non-hydrogen) atoms. The van der Waals surface area contributed by atoms with Crippen molar-refractivity contribution in [1.29, 1.82) is 0 Å². The first-order chi connectivity index (χ1) is 8.19. The molecule has 0 fully saturated rings. The number of rotatable bonds is 9. The van der Waals surface area contributed by atoms with Gasteiger partial charge in [-0.3, -0.25) is 0 Å². The Hall–Kier alpha value is -1.06. The summed E-state index contributed by atoms with van der Waals surface area (Å²) in [5, 5.41) is 21.9. The highest BCUT2D eigenvalue weighted by Crippen LogP contribution is 2.38. The van der Waals surface area contributed by atoms with Gasteiger partial charge in [0.15, 0.2) is 0 Å². The normalized spacial score (nSPS) is 12.1. The van der Waals surface area contributed by atoms with Gasteiger partial charge >= 0.3 is 0 Å². The first kappa shape index (κ1) is 16.9. The van der Waals surface area contributed by atoms with Crippen LogP contribution in [0.4, 0.5) is 0 Å². The second-order valence-electron chi connectivity index (χ2n) is 5.99. The lowest BCUT2D eigenvalue weighted by molar-refractivity contribution is -0.322. The molecule has 0 amide bonds.